The number of ether oxygens (including phenoxy) is 1. The number of likely N-dealkylation sites (N-methyl/N-ethyl adjacent to an activating group) is 1. The third-order valence-electron chi connectivity index (χ3n) is 17.1. The van der Waals surface area contributed by atoms with Gasteiger partial charge in [0.2, 0.25) is 5.91 Å². The molecule has 10 heteroatoms. The zero-order chi connectivity index (χ0) is 65.6. The highest BCUT2D eigenvalue weighted by Crippen LogP contribution is 2.43. The van der Waals surface area contributed by atoms with Gasteiger partial charge in [0.25, 0.3) is 0 Å². The Morgan fingerprint density at radius 1 is 0.389 bits per heavy atom. The zero-order valence-electron chi connectivity index (χ0n) is 60.1. The number of hydrogen-bond acceptors (Lipinski definition) is 6. The van der Waals surface area contributed by atoms with Gasteiger partial charge in [0.1, 0.15) is 19.3 Å². The minimum atomic E-state index is -4.46. The number of rotatable bonds is 70. The van der Waals surface area contributed by atoms with Crippen LogP contribution in [0.4, 0.5) is 0 Å². The number of hydrogen-bond donors (Lipinski definition) is 2. The Bertz CT molecular complexity index is 1810. The molecule has 0 aliphatic carbocycles. The number of phosphoric acid groups is 1. The lowest BCUT2D eigenvalue weighted by Gasteiger charge is -2.27. The van der Waals surface area contributed by atoms with Gasteiger partial charge in [-0.25, -0.2) is 4.57 Å². The standard InChI is InChI=1S/C80H147N2O7P/c1-7-10-13-16-19-22-25-28-30-32-34-36-38-40-41-43-44-46-48-50-52-54-57-60-63-66-69-72-79(83)81-77(76-88-90(85,86)87-75-74-82(4,5)6)78(71-68-65-62-59-56-27-24-21-18-15-12-9-3)89-80(84)73-70-67-64-61-58-55-53-51-49-47-45-42-39-37-35-33-31-29-26-23-20-17-14-11-8-2/h19-20,22-23,28-31,35,37,42,45,68,71,77-78H,7-18,21,24-27,32-34,36,38-41,43-44,46-67,69-70,72-76H2,1-6H3,(H-,81,83,85,86)/p+1/b22-19-,23-20-,30-28-,31-29-,37-35-,45-42-,71-68+. The smallest absolute Gasteiger partial charge is 0.456 e. The monoisotopic (exact) mass is 1280 g/mol. The summed E-state index contributed by atoms with van der Waals surface area (Å²) < 4.78 is 30.9. The number of carbonyl (C=O) groups is 2. The Labute approximate surface area is 558 Å². The lowest BCUT2D eigenvalue weighted by molar-refractivity contribution is -0.870. The second-order valence-corrected chi connectivity index (χ2v) is 28.6. The van der Waals surface area contributed by atoms with Crippen LogP contribution in [0.25, 0.3) is 0 Å². The van der Waals surface area contributed by atoms with E-state index >= 15 is 0 Å². The molecule has 9 nitrogen and oxygen atoms in total. The van der Waals surface area contributed by atoms with Crippen molar-refractivity contribution >= 4 is 19.7 Å². The zero-order valence-corrected chi connectivity index (χ0v) is 61.0. The van der Waals surface area contributed by atoms with E-state index < -0.39 is 20.0 Å². The highest BCUT2D eigenvalue weighted by atomic mass is 31.2. The van der Waals surface area contributed by atoms with E-state index in [0.29, 0.717) is 17.4 Å². The van der Waals surface area contributed by atoms with Gasteiger partial charge in [-0.2, -0.15) is 0 Å². The average molecular weight is 1280 g/mol. The molecule has 0 spiro atoms. The van der Waals surface area contributed by atoms with Crippen molar-refractivity contribution in [3.63, 3.8) is 0 Å². The van der Waals surface area contributed by atoms with E-state index in [-0.39, 0.29) is 31.5 Å². The fourth-order valence-electron chi connectivity index (χ4n) is 11.1. The van der Waals surface area contributed by atoms with E-state index in [1.807, 2.05) is 33.3 Å². The molecule has 1 amide bonds. The highest BCUT2D eigenvalue weighted by Gasteiger charge is 2.30. The normalized spacial score (nSPS) is 13.9. The Hall–Kier alpha value is -2.81. The number of carbonyl (C=O) groups excluding carboxylic acids is 2. The number of nitrogens with zero attached hydrogens (tertiary/aromatic N) is 1. The van der Waals surface area contributed by atoms with Crippen molar-refractivity contribution in [1.29, 1.82) is 0 Å². The first-order valence-corrected chi connectivity index (χ1v) is 39.9. The van der Waals surface area contributed by atoms with E-state index in [4.69, 9.17) is 13.8 Å². The van der Waals surface area contributed by atoms with Gasteiger partial charge in [0.15, 0.2) is 0 Å². The summed E-state index contributed by atoms with van der Waals surface area (Å²) in [6.45, 7) is 7.00. The predicted octanol–water partition coefficient (Wildman–Crippen LogP) is 24.9. The molecule has 0 heterocycles. The van der Waals surface area contributed by atoms with Crippen molar-refractivity contribution in [1.82, 2.24) is 5.32 Å². The molecule has 0 radical (unpaired) electrons. The Morgan fingerprint density at radius 3 is 1.03 bits per heavy atom. The third-order valence-corrected chi connectivity index (χ3v) is 18.0. The van der Waals surface area contributed by atoms with Gasteiger partial charge in [0, 0.05) is 12.8 Å². The molecular weight excluding hydrogens is 1130 g/mol. The second-order valence-electron chi connectivity index (χ2n) is 27.2. The molecule has 0 saturated carbocycles. The van der Waals surface area contributed by atoms with Crippen LogP contribution in [-0.2, 0) is 27.9 Å². The maximum Gasteiger partial charge on any atom is 0.472 e. The number of nitrogens with one attached hydrogen (secondary N) is 1. The Kier molecular flexibility index (Phi) is 66.9. The van der Waals surface area contributed by atoms with Gasteiger partial charge in [-0.15, -0.1) is 0 Å². The lowest BCUT2D eigenvalue weighted by atomic mass is 10.0. The maximum absolute atomic E-state index is 13.7. The number of phosphoric ester groups is 1. The molecule has 90 heavy (non-hydrogen) atoms. The molecule has 0 bridgehead atoms. The summed E-state index contributed by atoms with van der Waals surface area (Å²) >= 11 is 0. The molecule has 0 rings (SSSR count). The molecule has 0 aliphatic rings. The van der Waals surface area contributed by atoms with E-state index in [9.17, 15) is 19.0 Å². The van der Waals surface area contributed by atoms with E-state index in [1.54, 1.807) is 0 Å². The van der Waals surface area contributed by atoms with E-state index in [2.05, 4.69) is 99.0 Å². The van der Waals surface area contributed by atoms with Crippen molar-refractivity contribution in [2.45, 2.75) is 373 Å². The van der Waals surface area contributed by atoms with Crippen LogP contribution in [0.1, 0.15) is 361 Å². The van der Waals surface area contributed by atoms with Gasteiger partial charge in [-0.3, -0.25) is 18.6 Å². The molecule has 3 unspecified atom stereocenters. The first-order valence-electron chi connectivity index (χ1n) is 38.4. The van der Waals surface area contributed by atoms with Crippen molar-refractivity contribution in [3.05, 3.63) is 85.1 Å². The van der Waals surface area contributed by atoms with Crippen molar-refractivity contribution in [2.24, 2.45) is 0 Å². The molecule has 0 saturated heterocycles. The van der Waals surface area contributed by atoms with Gasteiger partial charge in [0.05, 0.1) is 33.8 Å². The number of amides is 1. The van der Waals surface area contributed by atoms with E-state index in [1.165, 1.54) is 231 Å². The Balaban J connectivity index is 4.97. The second kappa shape index (κ2) is 69.0. The largest absolute Gasteiger partial charge is 0.472 e. The van der Waals surface area contributed by atoms with Crippen molar-refractivity contribution in [2.75, 3.05) is 40.9 Å². The number of unbranched alkanes of at least 4 members (excludes halogenated alkanes) is 42. The molecule has 3 atom stereocenters. The van der Waals surface area contributed by atoms with Crippen LogP contribution >= 0.6 is 7.82 Å². The lowest BCUT2D eigenvalue weighted by Crippen LogP contribution is -2.47. The van der Waals surface area contributed by atoms with Crippen LogP contribution in [-0.4, -0.2) is 74.3 Å². The van der Waals surface area contributed by atoms with Gasteiger partial charge < -0.3 is 19.4 Å². The summed E-state index contributed by atoms with van der Waals surface area (Å²) in [7, 11) is 1.50. The van der Waals surface area contributed by atoms with Crippen LogP contribution in [0.15, 0.2) is 85.1 Å². The minimum Gasteiger partial charge on any atom is -0.456 e. The predicted molar refractivity (Wildman–Crippen MR) is 392 cm³/mol. The molecule has 2 N–H and O–H groups in total. The molecule has 0 fully saturated rings. The topological polar surface area (TPSA) is 111 Å². The van der Waals surface area contributed by atoms with Crippen LogP contribution < -0.4 is 5.32 Å². The summed E-state index contributed by atoms with van der Waals surface area (Å²) in [5, 5.41) is 3.08. The van der Waals surface area contributed by atoms with Crippen LogP contribution in [0, 0.1) is 0 Å². The van der Waals surface area contributed by atoms with Gasteiger partial charge >= 0.3 is 13.8 Å². The number of quaternary nitrogens is 1. The summed E-state index contributed by atoms with van der Waals surface area (Å²) in [5.41, 5.74) is 0. The van der Waals surface area contributed by atoms with Crippen molar-refractivity contribution in [3.8, 4) is 0 Å². The van der Waals surface area contributed by atoms with Crippen molar-refractivity contribution < 1.29 is 37.3 Å². The first kappa shape index (κ1) is 87.2. The molecule has 524 valence electrons. The van der Waals surface area contributed by atoms with Crippen LogP contribution in [0.3, 0.4) is 0 Å². The fraction of sp³-hybridized carbons (Fsp3) is 0.800. The molecule has 0 aromatic heterocycles. The Morgan fingerprint density at radius 2 is 0.678 bits per heavy atom. The number of esters is 1. The SMILES string of the molecule is CCCCC/C=C\C/C=C\C/C=C\C/C=C\CCCCCCCCCCCC(=O)OC(/C=C/CCCCCCCCCCCC)C(COP(=O)(O)OCC[N+](C)(C)C)NC(=O)CCCCCCCCCCCCCCCCCCC/C=C\C/C=C\CCCCC. The molecule has 0 aromatic carbocycles. The number of allylic oxidation sites excluding steroid dienone is 13. The minimum absolute atomic E-state index is 0.0379. The molecular formula is C80H148N2O7P+. The molecule has 0 aromatic rings. The van der Waals surface area contributed by atoms with Gasteiger partial charge in [-0.1, -0.05) is 324 Å². The van der Waals surface area contributed by atoms with Crippen LogP contribution in [0.2, 0.25) is 0 Å². The summed E-state index contributed by atoms with van der Waals surface area (Å²) in [6.07, 6.45) is 93.2. The third kappa shape index (κ3) is 69.5. The maximum atomic E-state index is 13.7. The fourth-order valence-corrected chi connectivity index (χ4v) is 11.9. The quantitative estimate of drug-likeness (QED) is 0.0205. The summed E-state index contributed by atoms with van der Waals surface area (Å²) in [5.74, 6) is -0.500. The summed E-state index contributed by atoms with van der Waals surface area (Å²) in [6, 6.07) is -0.855. The first-order chi connectivity index (χ1) is 43.9. The highest BCUT2D eigenvalue weighted by molar-refractivity contribution is 7.47. The van der Waals surface area contributed by atoms with Gasteiger partial charge in [-0.05, 0) is 109 Å². The summed E-state index contributed by atoms with van der Waals surface area (Å²) in [4.78, 5) is 38.0. The molecule has 0 aliphatic heterocycles. The average Bonchev–Trinajstić information content (AvgIpc) is 3.11. The van der Waals surface area contributed by atoms with E-state index in [0.717, 1.165) is 96.3 Å². The van der Waals surface area contributed by atoms with Crippen LogP contribution in [0.5, 0.6) is 0 Å².